The molecule has 2 rings (SSSR count). The topological polar surface area (TPSA) is 72.2 Å². The van der Waals surface area contributed by atoms with Crippen LogP contribution in [0.5, 0.6) is 0 Å². The molecule has 0 spiro atoms. The van der Waals surface area contributed by atoms with Gasteiger partial charge in [-0.3, -0.25) is 4.72 Å². The fourth-order valence-electron chi connectivity index (χ4n) is 1.36. The van der Waals surface area contributed by atoms with Crippen molar-refractivity contribution in [3.05, 3.63) is 46.4 Å². The van der Waals surface area contributed by atoms with E-state index in [4.69, 9.17) is 5.73 Å². The third-order valence-electron chi connectivity index (χ3n) is 2.26. The SMILES string of the molecule is NCc1cc(S(=O)(=O)Nc2ccccc2F)cs1. The summed E-state index contributed by atoms with van der Waals surface area (Å²) >= 11 is 1.25. The summed E-state index contributed by atoms with van der Waals surface area (Å²) < 4.78 is 39.5. The maximum absolute atomic E-state index is 13.4. The summed E-state index contributed by atoms with van der Waals surface area (Å²) in [4.78, 5) is 0.847. The monoisotopic (exact) mass is 286 g/mol. The van der Waals surface area contributed by atoms with Gasteiger partial charge < -0.3 is 5.73 Å². The lowest BCUT2D eigenvalue weighted by atomic mass is 10.3. The average Bonchev–Trinajstić information content (AvgIpc) is 2.81. The molecule has 0 aliphatic rings. The number of para-hydroxylation sites is 1. The van der Waals surface area contributed by atoms with E-state index >= 15 is 0 Å². The minimum Gasteiger partial charge on any atom is -0.326 e. The highest BCUT2D eigenvalue weighted by atomic mass is 32.2. The predicted molar refractivity (Wildman–Crippen MR) is 69.4 cm³/mol. The zero-order valence-electron chi connectivity index (χ0n) is 9.26. The highest BCUT2D eigenvalue weighted by molar-refractivity contribution is 7.92. The Morgan fingerprint density at radius 3 is 2.67 bits per heavy atom. The first-order chi connectivity index (χ1) is 8.53. The van der Waals surface area contributed by atoms with Crippen LogP contribution in [-0.2, 0) is 16.6 Å². The predicted octanol–water partition coefficient (Wildman–Crippen LogP) is 2.15. The number of sulfonamides is 1. The van der Waals surface area contributed by atoms with Crippen molar-refractivity contribution in [1.82, 2.24) is 0 Å². The van der Waals surface area contributed by atoms with Crippen LogP contribution in [0.1, 0.15) is 4.88 Å². The second-order valence-electron chi connectivity index (χ2n) is 3.54. The number of rotatable bonds is 4. The van der Waals surface area contributed by atoms with Gasteiger partial charge in [-0.15, -0.1) is 11.3 Å². The molecule has 1 aromatic carbocycles. The molecule has 3 N–H and O–H groups in total. The zero-order chi connectivity index (χ0) is 13.2. The number of nitrogens with two attached hydrogens (primary N) is 1. The van der Waals surface area contributed by atoms with E-state index < -0.39 is 15.8 Å². The Morgan fingerprint density at radius 1 is 1.33 bits per heavy atom. The summed E-state index contributed by atoms with van der Waals surface area (Å²) in [6.07, 6.45) is 0. The Labute approximate surface area is 108 Å². The summed E-state index contributed by atoms with van der Waals surface area (Å²) in [5, 5.41) is 1.48. The Kier molecular flexibility index (Phi) is 3.65. The second-order valence-corrected chi connectivity index (χ2v) is 6.22. The first-order valence-corrected chi connectivity index (χ1v) is 7.44. The van der Waals surface area contributed by atoms with Crippen molar-refractivity contribution in [3.8, 4) is 0 Å². The largest absolute Gasteiger partial charge is 0.326 e. The molecule has 1 aromatic heterocycles. The van der Waals surface area contributed by atoms with Gasteiger partial charge >= 0.3 is 0 Å². The molecule has 0 atom stereocenters. The van der Waals surface area contributed by atoms with Crippen molar-refractivity contribution in [2.75, 3.05) is 4.72 Å². The quantitative estimate of drug-likeness (QED) is 0.904. The van der Waals surface area contributed by atoms with Crippen molar-refractivity contribution in [1.29, 1.82) is 0 Å². The summed E-state index contributed by atoms with van der Waals surface area (Å²) in [5.74, 6) is -0.615. The summed E-state index contributed by atoms with van der Waals surface area (Å²) in [6, 6.07) is 7.08. The zero-order valence-corrected chi connectivity index (χ0v) is 10.9. The smallest absolute Gasteiger partial charge is 0.262 e. The Bertz CT molecular complexity index is 653. The number of anilines is 1. The lowest BCUT2D eigenvalue weighted by Gasteiger charge is -2.06. The van der Waals surface area contributed by atoms with Crippen LogP contribution in [0.4, 0.5) is 10.1 Å². The molecule has 0 aliphatic heterocycles. The highest BCUT2D eigenvalue weighted by Crippen LogP contribution is 2.22. The fraction of sp³-hybridized carbons (Fsp3) is 0.0909. The molecule has 0 unspecified atom stereocenters. The van der Waals surface area contributed by atoms with Crippen LogP contribution >= 0.6 is 11.3 Å². The molecule has 4 nitrogen and oxygen atoms in total. The van der Waals surface area contributed by atoms with Crippen molar-refractivity contribution < 1.29 is 12.8 Å². The highest BCUT2D eigenvalue weighted by Gasteiger charge is 2.17. The van der Waals surface area contributed by atoms with Crippen LogP contribution in [0.25, 0.3) is 0 Å². The van der Waals surface area contributed by atoms with Gasteiger partial charge in [0.1, 0.15) is 5.82 Å². The van der Waals surface area contributed by atoms with Gasteiger partial charge in [-0.2, -0.15) is 0 Å². The van der Waals surface area contributed by atoms with Crippen molar-refractivity contribution in [3.63, 3.8) is 0 Å². The van der Waals surface area contributed by atoms with Gasteiger partial charge in [0.25, 0.3) is 10.0 Å². The van der Waals surface area contributed by atoms with Crippen LogP contribution in [0.15, 0.2) is 40.6 Å². The number of benzene rings is 1. The molecule has 0 bridgehead atoms. The lowest BCUT2D eigenvalue weighted by Crippen LogP contribution is -2.13. The Balaban J connectivity index is 2.30. The molecule has 0 amide bonds. The molecule has 2 aromatic rings. The van der Waals surface area contributed by atoms with E-state index in [0.29, 0.717) is 0 Å². The van der Waals surface area contributed by atoms with Crippen LogP contribution in [0, 0.1) is 5.82 Å². The van der Waals surface area contributed by atoms with Gasteiger partial charge in [-0.1, -0.05) is 12.1 Å². The minimum absolute atomic E-state index is 0.0713. The molecule has 0 fully saturated rings. The van der Waals surface area contributed by atoms with E-state index in [1.54, 1.807) is 6.07 Å². The molecule has 7 heteroatoms. The standard InChI is InChI=1S/C11H11FN2O2S2/c12-10-3-1-2-4-11(10)14-18(15,16)9-5-8(6-13)17-7-9/h1-5,7,14H,6,13H2. The van der Waals surface area contributed by atoms with E-state index in [0.717, 1.165) is 4.88 Å². The number of nitrogens with one attached hydrogen (secondary N) is 1. The summed E-state index contributed by atoms with van der Waals surface area (Å²) in [5.41, 5.74) is 5.35. The maximum Gasteiger partial charge on any atom is 0.262 e. The molecule has 0 aliphatic carbocycles. The van der Waals surface area contributed by atoms with E-state index in [1.807, 2.05) is 0 Å². The third kappa shape index (κ3) is 2.69. The van der Waals surface area contributed by atoms with Crippen molar-refractivity contribution in [2.45, 2.75) is 11.4 Å². The van der Waals surface area contributed by atoms with Gasteiger partial charge in [0, 0.05) is 16.8 Å². The molecule has 1 heterocycles. The van der Waals surface area contributed by atoms with E-state index in [9.17, 15) is 12.8 Å². The Morgan fingerprint density at radius 2 is 2.06 bits per heavy atom. The molecular formula is C11H11FN2O2S2. The molecule has 0 radical (unpaired) electrons. The number of hydrogen-bond donors (Lipinski definition) is 2. The third-order valence-corrected chi connectivity index (χ3v) is 4.71. The first-order valence-electron chi connectivity index (χ1n) is 5.08. The summed E-state index contributed by atoms with van der Waals surface area (Å²) in [7, 11) is -3.76. The Hall–Kier alpha value is -1.44. The number of thiophene rings is 1. The number of hydrogen-bond acceptors (Lipinski definition) is 4. The van der Waals surface area contributed by atoms with Gasteiger partial charge in [0.2, 0.25) is 0 Å². The average molecular weight is 286 g/mol. The van der Waals surface area contributed by atoms with Crippen LogP contribution in [-0.4, -0.2) is 8.42 Å². The van der Waals surface area contributed by atoms with Gasteiger partial charge in [0.15, 0.2) is 0 Å². The van der Waals surface area contributed by atoms with E-state index in [2.05, 4.69) is 4.72 Å². The van der Waals surface area contributed by atoms with Crippen molar-refractivity contribution in [2.24, 2.45) is 5.73 Å². The summed E-state index contributed by atoms with van der Waals surface area (Å²) in [6.45, 7) is 0.278. The fourth-order valence-corrected chi connectivity index (χ4v) is 3.58. The second kappa shape index (κ2) is 5.05. The van der Waals surface area contributed by atoms with E-state index in [1.165, 1.54) is 41.0 Å². The van der Waals surface area contributed by atoms with Crippen LogP contribution in [0.3, 0.4) is 0 Å². The van der Waals surface area contributed by atoms with Gasteiger partial charge in [0.05, 0.1) is 10.6 Å². The molecule has 96 valence electrons. The molecule has 18 heavy (non-hydrogen) atoms. The molecular weight excluding hydrogens is 275 g/mol. The minimum atomic E-state index is -3.76. The maximum atomic E-state index is 13.4. The van der Waals surface area contributed by atoms with Gasteiger partial charge in [-0.25, -0.2) is 12.8 Å². The lowest BCUT2D eigenvalue weighted by molar-refractivity contribution is 0.599. The normalized spacial score (nSPS) is 11.4. The first kappa shape index (κ1) is 13.0. The number of halogens is 1. The molecule has 0 saturated heterocycles. The van der Waals surface area contributed by atoms with Crippen LogP contribution < -0.4 is 10.5 Å². The molecule has 0 saturated carbocycles. The van der Waals surface area contributed by atoms with E-state index in [-0.39, 0.29) is 17.1 Å². The van der Waals surface area contributed by atoms with Gasteiger partial charge in [-0.05, 0) is 18.2 Å². The van der Waals surface area contributed by atoms with Crippen molar-refractivity contribution >= 4 is 27.0 Å². The van der Waals surface area contributed by atoms with Crippen LogP contribution in [0.2, 0.25) is 0 Å².